The van der Waals surface area contributed by atoms with Crippen LogP contribution in [0.15, 0.2) is 41.4 Å². The van der Waals surface area contributed by atoms with Gasteiger partial charge in [-0.25, -0.2) is 17.8 Å². The average molecular weight is 312 g/mol. The third kappa shape index (κ3) is 3.04. The zero-order valence-electron chi connectivity index (χ0n) is 9.84. The molecule has 1 heterocycles. The lowest BCUT2D eigenvalue weighted by molar-refractivity contribution is 0.600. The van der Waals surface area contributed by atoms with Gasteiger partial charge in [0.1, 0.15) is 16.5 Å². The lowest BCUT2D eigenvalue weighted by atomic mass is 10.2. The van der Waals surface area contributed by atoms with Gasteiger partial charge in [-0.1, -0.05) is 11.6 Å². The van der Waals surface area contributed by atoms with Crippen LogP contribution in [0, 0.1) is 17.1 Å². The van der Waals surface area contributed by atoms with E-state index < -0.39 is 15.8 Å². The summed E-state index contributed by atoms with van der Waals surface area (Å²) in [5.74, 6) is -0.615. The van der Waals surface area contributed by atoms with Gasteiger partial charge in [0.15, 0.2) is 0 Å². The van der Waals surface area contributed by atoms with Gasteiger partial charge in [0, 0.05) is 0 Å². The molecule has 0 fully saturated rings. The highest BCUT2D eigenvalue weighted by molar-refractivity contribution is 7.92. The van der Waals surface area contributed by atoms with E-state index in [1.807, 2.05) is 6.07 Å². The maximum Gasteiger partial charge on any atom is 0.264 e. The molecule has 0 saturated heterocycles. The van der Waals surface area contributed by atoms with E-state index in [9.17, 15) is 12.8 Å². The Kier molecular flexibility index (Phi) is 3.88. The minimum atomic E-state index is -3.96. The summed E-state index contributed by atoms with van der Waals surface area (Å²) in [4.78, 5) is 3.40. The number of nitrogens with one attached hydrogen (secondary N) is 1. The Morgan fingerprint density at radius 2 is 2.05 bits per heavy atom. The first-order chi connectivity index (χ1) is 9.42. The van der Waals surface area contributed by atoms with Crippen molar-refractivity contribution >= 4 is 27.4 Å². The van der Waals surface area contributed by atoms with Crippen LogP contribution in [-0.4, -0.2) is 13.4 Å². The number of benzene rings is 1. The van der Waals surface area contributed by atoms with E-state index in [0.29, 0.717) is 0 Å². The summed E-state index contributed by atoms with van der Waals surface area (Å²) in [5.41, 5.74) is 0.244. The molecule has 0 aliphatic heterocycles. The molecule has 0 atom stereocenters. The molecule has 0 bridgehead atoms. The lowest BCUT2D eigenvalue weighted by Gasteiger charge is -2.08. The van der Waals surface area contributed by atoms with Crippen molar-refractivity contribution in [1.29, 1.82) is 5.26 Å². The van der Waals surface area contributed by atoms with Crippen molar-refractivity contribution in [3.63, 3.8) is 0 Å². The van der Waals surface area contributed by atoms with E-state index in [1.165, 1.54) is 24.3 Å². The normalized spacial score (nSPS) is 10.8. The summed E-state index contributed by atoms with van der Waals surface area (Å²) < 4.78 is 39.1. The molecule has 0 amide bonds. The minimum absolute atomic E-state index is 0.0353. The summed E-state index contributed by atoms with van der Waals surface area (Å²) >= 11 is 5.83. The zero-order chi connectivity index (χ0) is 14.8. The number of nitrogens with zero attached hydrogens (tertiary/aromatic N) is 2. The molecular weight excluding hydrogens is 305 g/mol. The van der Waals surface area contributed by atoms with Gasteiger partial charge in [-0.2, -0.15) is 5.26 Å². The first kappa shape index (κ1) is 14.2. The van der Waals surface area contributed by atoms with Gasteiger partial charge in [0.2, 0.25) is 0 Å². The van der Waals surface area contributed by atoms with Gasteiger partial charge >= 0.3 is 0 Å². The van der Waals surface area contributed by atoms with Crippen LogP contribution in [0.25, 0.3) is 0 Å². The Balaban J connectivity index is 2.36. The number of halogens is 2. The summed E-state index contributed by atoms with van der Waals surface area (Å²) in [6.07, 6.45) is 0.887. The van der Waals surface area contributed by atoms with Gasteiger partial charge in [-0.05, 0) is 30.3 Å². The number of hydrogen-bond acceptors (Lipinski definition) is 4. The lowest BCUT2D eigenvalue weighted by Crippen LogP contribution is -2.14. The quantitative estimate of drug-likeness (QED) is 0.944. The zero-order valence-corrected chi connectivity index (χ0v) is 11.4. The Morgan fingerprint density at radius 1 is 1.30 bits per heavy atom. The van der Waals surface area contributed by atoms with Gasteiger partial charge in [0.05, 0.1) is 22.9 Å². The highest BCUT2D eigenvalue weighted by atomic mass is 35.5. The Labute approximate surface area is 119 Å². The minimum Gasteiger partial charge on any atom is -0.263 e. The van der Waals surface area contributed by atoms with Crippen LogP contribution in [0.5, 0.6) is 0 Å². The fraction of sp³-hybridized carbons (Fsp3) is 0. The molecule has 0 unspecified atom stereocenters. The Hall–Kier alpha value is -2.17. The average Bonchev–Trinajstić information content (AvgIpc) is 2.40. The third-order valence-corrected chi connectivity index (χ3v) is 4.15. The fourth-order valence-corrected chi connectivity index (χ4v) is 2.97. The van der Waals surface area contributed by atoms with E-state index in [2.05, 4.69) is 9.71 Å². The van der Waals surface area contributed by atoms with Crippen molar-refractivity contribution in [3.05, 3.63) is 52.9 Å². The number of pyridine rings is 1. The number of rotatable bonds is 3. The summed E-state index contributed by atoms with van der Waals surface area (Å²) in [5, 5.41) is 8.61. The third-order valence-electron chi connectivity index (χ3n) is 2.32. The summed E-state index contributed by atoms with van der Waals surface area (Å²) in [6, 6.07) is 7.90. The second-order valence-electron chi connectivity index (χ2n) is 3.72. The van der Waals surface area contributed by atoms with E-state index in [1.54, 1.807) is 0 Å². The molecule has 5 nitrogen and oxygen atoms in total. The molecule has 20 heavy (non-hydrogen) atoms. The van der Waals surface area contributed by atoms with Crippen LogP contribution >= 0.6 is 11.6 Å². The Morgan fingerprint density at radius 3 is 2.60 bits per heavy atom. The second-order valence-corrected chi connectivity index (χ2v) is 5.78. The SMILES string of the molecule is N#Cc1ccc(S(=O)(=O)Nc2ccc(F)cn2)c(Cl)c1. The Bertz CT molecular complexity index is 785. The maximum absolute atomic E-state index is 12.7. The van der Waals surface area contributed by atoms with Crippen molar-refractivity contribution in [3.8, 4) is 6.07 Å². The van der Waals surface area contributed by atoms with Crippen LogP contribution in [0.3, 0.4) is 0 Å². The largest absolute Gasteiger partial charge is 0.264 e. The smallest absolute Gasteiger partial charge is 0.263 e. The fourth-order valence-electron chi connectivity index (χ4n) is 1.42. The molecule has 1 aromatic heterocycles. The van der Waals surface area contributed by atoms with Crippen LogP contribution in [0.4, 0.5) is 10.2 Å². The molecule has 1 N–H and O–H groups in total. The standard InChI is InChI=1S/C12H7ClFN3O2S/c13-10-5-8(6-15)1-3-11(10)20(18,19)17-12-4-2-9(14)7-16-12/h1-5,7H,(H,16,17). The molecule has 8 heteroatoms. The number of aromatic nitrogens is 1. The predicted molar refractivity (Wildman–Crippen MR) is 71.2 cm³/mol. The van der Waals surface area contributed by atoms with Crippen molar-refractivity contribution in [1.82, 2.24) is 4.98 Å². The van der Waals surface area contributed by atoms with Gasteiger partial charge in [-0.15, -0.1) is 0 Å². The summed E-state index contributed by atoms with van der Waals surface area (Å²) in [6.45, 7) is 0. The molecule has 0 aliphatic rings. The topological polar surface area (TPSA) is 82.8 Å². The molecule has 2 aromatic rings. The van der Waals surface area contributed by atoms with Gasteiger partial charge in [-0.3, -0.25) is 4.72 Å². The maximum atomic E-state index is 12.7. The molecule has 2 rings (SSSR count). The van der Waals surface area contributed by atoms with Crippen molar-refractivity contribution in [2.24, 2.45) is 0 Å². The number of nitriles is 1. The van der Waals surface area contributed by atoms with Crippen molar-refractivity contribution in [2.75, 3.05) is 4.72 Å². The number of anilines is 1. The van der Waals surface area contributed by atoms with Crippen LogP contribution in [-0.2, 0) is 10.0 Å². The number of sulfonamides is 1. The second kappa shape index (κ2) is 5.45. The van der Waals surface area contributed by atoms with Gasteiger partial charge in [0.25, 0.3) is 10.0 Å². The summed E-state index contributed by atoms with van der Waals surface area (Å²) in [7, 11) is -3.96. The number of hydrogen-bond donors (Lipinski definition) is 1. The van der Waals surface area contributed by atoms with Crippen molar-refractivity contribution in [2.45, 2.75) is 4.90 Å². The van der Waals surface area contributed by atoms with Crippen LogP contribution in [0.1, 0.15) is 5.56 Å². The predicted octanol–water partition coefficient (Wildman–Crippen LogP) is 2.55. The van der Waals surface area contributed by atoms with E-state index in [4.69, 9.17) is 16.9 Å². The van der Waals surface area contributed by atoms with Crippen LogP contribution < -0.4 is 4.72 Å². The molecule has 0 saturated carbocycles. The molecular formula is C12H7ClFN3O2S. The molecule has 0 radical (unpaired) electrons. The van der Waals surface area contributed by atoms with E-state index in [0.717, 1.165) is 12.3 Å². The molecule has 0 aliphatic carbocycles. The monoisotopic (exact) mass is 311 g/mol. The highest BCUT2D eigenvalue weighted by Gasteiger charge is 2.18. The first-order valence-corrected chi connectivity index (χ1v) is 7.12. The highest BCUT2D eigenvalue weighted by Crippen LogP contribution is 2.24. The van der Waals surface area contributed by atoms with Crippen molar-refractivity contribution < 1.29 is 12.8 Å². The molecule has 0 spiro atoms. The van der Waals surface area contributed by atoms with Crippen LogP contribution in [0.2, 0.25) is 5.02 Å². The van der Waals surface area contributed by atoms with Gasteiger partial charge < -0.3 is 0 Å². The van der Waals surface area contributed by atoms with E-state index in [-0.39, 0.29) is 21.3 Å². The molecule has 1 aromatic carbocycles. The van der Waals surface area contributed by atoms with E-state index >= 15 is 0 Å². The first-order valence-electron chi connectivity index (χ1n) is 5.26. The molecule has 102 valence electrons.